The Morgan fingerprint density at radius 3 is 2.38 bits per heavy atom. The van der Waals surface area contributed by atoms with Crippen LogP contribution in [0, 0.1) is 17.0 Å². The van der Waals surface area contributed by atoms with Gasteiger partial charge >= 0.3 is 5.69 Å². The smallest absolute Gasteiger partial charge is 0.332 e. The molecule has 1 fully saturated rings. The number of nitro groups is 1. The Morgan fingerprint density at radius 1 is 1.15 bits per heavy atom. The Balaban J connectivity index is 1.93. The van der Waals surface area contributed by atoms with Crippen molar-refractivity contribution in [2.45, 2.75) is 6.92 Å². The number of hydrogen-bond acceptors (Lipinski definition) is 8. The van der Waals surface area contributed by atoms with Gasteiger partial charge in [0.15, 0.2) is 0 Å². The number of hydrogen-bond donors (Lipinski definition) is 1. The molecular weight excluding hydrogens is 336 g/mol. The number of aromatic nitrogens is 2. The van der Waals surface area contributed by atoms with E-state index in [9.17, 15) is 10.1 Å². The topological polar surface area (TPSA) is 96.7 Å². The second-order valence-corrected chi connectivity index (χ2v) is 6.21. The fraction of sp³-hybridized carbons (Fsp3) is 0.412. The maximum atomic E-state index is 11.5. The van der Waals surface area contributed by atoms with Crippen LogP contribution in [0.2, 0.25) is 0 Å². The first-order chi connectivity index (χ1) is 12.5. The Morgan fingerprint density at radius 2 is 1.81 bits per heavy atom. The number of anilines is 3. The van der Waals surface area contributed by atoms with Gasteiger partial charge in [-0.25, -0.2) is 4.98 Å². The molecule has 1 aromatic carbocycles. The quantitative estimate of drug-likeness (QED) is 0.642. The number of rotatable bonds is 5. The minimum absolute atomic E-state index is 0.112. The largest absolute Gasteiger partial charge is 0.497 e. The first-order valence-electron chi connectivity index (χ1n) is 8.35. The predicted molar refractivity (Wildman–Crippen MR) is 99.4 cm³/mol. The fourth-order valence-corrected chi connectivity index (χ4v) is 2.82. The van der Waals surface area contributed by atoms with E-state index in [0.717, 1.165) is 26.2 Å². The summed E-state index contributed by atoms with van der Waals surface area (Å²) in [6.07, 6.45) is 0. The summed E-state index contributed by atoms with van der Waals surface area (Å²) < 4.78 is 5.14. The molecule has 1 aliphatic rings. The van der Waals surface area contributed by atoms with Crippen molar-refractivity contribution in [2.24, 2.45) is 0 Å². The monoisotopic (exact) mass is 358 g/mol. The van der Waals surface area contributed by atoms with Crippen molar-refractivity contribution in [2.75, 3.05) is 50.6 Å². The van der Waals surface area contributed by atoms with Crippen molar-refractivity contribution in [1.29, 1.82) is 0 Å². The molecular formula is C17H22N6O3. The van der Waals surface area contributed by atoms with Gasteiger partial charge in [0.2, 0.25) is 11.8 Å². The third-order valence-corrected chi connectivity index (χ3v) is 4.37. The molecule has 0 unspecified atom stereocenters. The van der Waals surface area contributed by atoms with Crippen LogP contribution < -0.4 is 15.0 Å². The van der Waals surface area contributed by atoms with E-state index in [1.54, 1.807) is 38.3 Å². The average Bonchev–Trinajstić information content (AvgIpc) is 2.62. The maximum absolute atomic E-state index is 11.5. The van der Waals surface area contributed by atoms with Crippen molar-refractivity contribution in [3.05, 3.63) is 40.1 Å². The highest BCUT2D eigenvalue weighted by molar-refractivity contribution is 5.68. The summed E-state index contributed by atoms with van der Waals surface area (Å²) in [4.78, 5) is 24.2. The van der Waals surface area contributed by atoms with Gasteiger partial charge in [0.25, 0.3) is 0 Å². The molecule has 1 saturated heterocycles. The summed E-state index contributed by atoms with van der Waals surface area (Å²) in [5.74, 6) is 1.42. The lowest BCUT2D eigenvalue weighted by atomic mass is 10.3. The molecule has 0 bridgehead atoms. The Hall–Kier alpha value is -2.94. The van der Waals surface area contributed by atoms with Gasteiger partial charge in [-0.3, -0.25) is 10.1 Å². The standard InChI is InChI=1S/C17H22N6O3/c1-12-15(23(24)25)16(19-13-4-6-14(26-3)7-5-13)20-17(18-12)22-10-8-21(2)9-11-22/h4-7H,8-11H2,1-3H3,(H,18,19,20). The van der Waals surface area contributed by atoms with Crippen molar-refractivity contribution < 1.29 is 9.66 Å². The fourth-order valence-electron chi connectivity index (χ4n) is 2.82. The summed E-state index contributed by atoms with van der Waals surface area (Å²) in [7, 11) is 3.65. The number of piperazine rings is 1. The molecule has 2 heterocycles. The van der Waals surface area contributed by atoms with E-state index in [4.69, 9.17) is 4.74 Å². The van der Waals surface area contributed by atoms with Gasteiger partial charge in [-0.1, -0.05) is 0 Å². The highest BCUT2D eigenvalue weighted by atomic mass is 16.6. The molecule has 1 aromatic heterocycles. The Bertz CT molecular complexity index is 788. The van der Waals surface area contributed by atoms with Crippen LogP contribution in [0.3, 0.4) is 0 Å². The normalized spacial score (nSPS) is 15.0. The molecule has 0 atom stereocenters. The van der Waals surface area contributed by atoms with Gasteiger partial charge in [-0.05, 0) is 38.2 Å². The molecule has 9 nitrogen and oxygen atoms in total. The molecule has 0 saturated carbocycles. The van der Waals surface area contributed by atoms with E-state index < -0.39 is 4.92 Å². The molecule has 1 aliphatic heterocycles. The van der Waals surface area contributed by atoms with Gasteiger partial charge in [0.1, 0.15) is 11.4 Å². The zero-order valence-electron chi connectivity index (χ0n) is 15.1. The van der Waals surface area contributed by atoms with Gasteiger partial charge in [-0.15, -0.1) is 0 Å². The molecule has 9 heteroatoms. The first kappa shape index (κ1) is 17.9. The SMILES string of the molecule is COc1ccc(Nc2nc(N3CCN(C)CC3)nc(C)c2[N+](=O)[O-])cc1. The molecule has 0 aliphatic carbocycles. The zero-order valence-corrected chi connectivity index (χ0v) is 15.1. The van der Waals surface area contributed by atoms with Gasteiger partial charge in [0, 0.05) is 31.9 Å². The molecule has 2 aromatic rings. The van der Waals surface area contributed by atoms with E-state index in [-0.39, 0.29) is 11.5 Å². The van der Waals surface area contributed by atoms with E-state index >= 15 is 0 Å². The van der Waals surface area contributed by atoms with Crippen LogP contribution in [-0.2, 0) is 0 Å². The molecule has 0 amide bonds. The molecule has 1 N–H and O–H groups in total. The number of ether oxygens (including phenoxy) is 1. The summed E-state index contributed by atoms with van der Waals surface area (Å²) in [6.45, 7) is 5.02. The van der Waals surface area contributed by atoms with Crippen molar-refractivity contribution in [3.63, 3.8) is 0 Å². The van der Waals surface area contributed by atoms with E-state index in [0.29, 0.717) is 23.1 Å². The van der Waals surface area contributed by atoms with Crippen LogP contribution in [0.4, 0.5) is 23.1 Å². The number of aryl methyl sites for hydroxylation is 1. The molecule has 3 rings (SSSR count). The number of likely N-dealkylation sites (N-methyl/N-ethyl adjacent to an activating group) is 1. The number of nitrogens with one attached hydrogen (secondary N) is 1. The lowest BCUT2D eigenvalue weighted by Gasteiger charge is -2.32. The van der Waals surface area contributed by atoms with E-state index in [1.165, 1.54) is 0 Å². The predicted octanol–water partition coefficient (Wildman–Crippen LogP) is 2.20. The summed E-state index contributed by atoms with van der Waals surface area (Å²) in [5.41, 5.74) is 0.921. The second kappa shape index (κ2) is 7.52. The lowest BCUT2D eigenvalue weighted by molar-refractivity contribution is -0.385. The van der Waals surface area contributed by atoms with Crippen LogP contribution in [0.5, 0.6) is 5.75 Å². The van der Waals surface area contributed by atoms with Gasteiger partial charge < -0.3 is 19.9 Å². The maximum Gasteiger partial charge on any atom is 0.332 e. The number of nitrogens with zero attached hydrogens (tertiary/aromatic N) is 5. The van der Waals surface area contributed by atoms with Crippen LogP contribution >= 0.6 is 0 Å². The summed E-state index contributed by atoms with van der Waals surface area (Å²) in [5, 5.41) is 14.6. The minimum Gasteiger partial charge on any atom is -0.497 e. The summed E-state index contributed by atoms with van der Waals surface area (Å²) >= 11 is 0. The third kappa shape index (κ3) is 3.83. The second-order valence-electron chi connectivity index (χ2n) is 6.21. The molecule has 138 valence electrons. The highest BCUT2D eigenvalue weighted by Gasteiger charge is 2.25. The molecule has 26 heavy (non-hydrogen) atoms. The van der Waals surface area contributed by atoms with E-state index in [1.807, 2.05) is 0 Å². The lowest BCUT2D eigenvalue weighted by Crippen LogP contribution is -2.45. The molecule has 0 spiro atoms. The minimum atomic E-state index is -0.449. The van der Waals surface area contributed by atoms with Crippen LogP contribution in [0.15, 0.2) is 24.3 Å². The first-order valence-corrected chi connectivity index (χ1v) is 8.35. The third-order valence-electron chi connectivity index (χ3n) is 4.37. The van der Waals surface area contributed by atoms with Crippen LogP contribution in [-0.4, -0.2) is 60.1 Å². The highest BCUT2D eigenvalue weighted by Crippen LogP contribution is 2.31. The molecule has 0 radical (unpaired) electrons. The van der Waals surface area contributed by atoms with Gasteiger partial charge in [-0.2, -0.15) is 4.98 Å². The number of benzene rings is 1. The number of methoxy groups -OCH3 is 1. The average molecular weight is 358 g/mol. The van der Waals surface area contributed by atoms with Crippen molar-refractivity contribution in [1.82, 2.24) is 14.9 Å². The van der Waals surface area contributed by atoms with Crippen LogP contribution in [0.25, 0.3) is 0 Å². The Kier molecular flexibility index (Phi) is 5.17. The summed E-state index contributed by atoms with van der Waals surface area (Å²) in [6, 6.07) is 7.14. The van der Waals surface area contributed by atoms with Gasteiger partial charge in [0.05, 0.1) is 12.0 Å². The zero-order chi connectivity index (χ0) is 18.7. The van der Waals surface area contributed by atoms with E-state index in [2.05, 4.69) is 32.1 Å². The van der Waals surface area contributed by atoms with Crippen molar-refractivity contribution in [3.8, 4) is 5.75 Å². The Labute approximate surface area is 151 Å². The van der Waals surface area contributed by atoms with Crippen molar-refractivity contribution >= 4 is 23.1 Å². The van der Waals surface area contributed by atoms with Crippen LogP contribution in [0.1, 0.15) is 5.69 Å².